The molecule has 4 nitrogen and oxygen atoms in total. The third kappa shape index (κ3) is 4.86. The number of piperazine rings is 1. The minimum atomic E-state index is -0.361. The lowest BCUT2D eigenvalue weighted by Crippen LogP contribution is -2.51. The number of nitrogens with zero attached hydrogens (tertiary/aromatic N) is 2. The molecular weight excluding hydrogens is 419 g/mol. The van der Waals surface area contributed by atoms with Gasteiger partial charge in [0.25, 0.3) is 5.91 Å². The zero-order valence-electron chi connectivity index (χ0n) is 14.0. The van der Waals surface area contributed by atoms with Gasteiger partial charge in [0.15, 0.2) is 0 Å². The average Bonchev–Trinajstić information content (AvgIpc) is 2.67. The summed E-state index contributed by atoms with van der Waals surface area (Å²) in [5, 5.41) is 0. The quantitative estimate of drug-likeness (QED) is 0.686. The van der Waals surface area contributed by atoms with Crippen LogP contribution in [0.4, 0.5) is 4.39 Å². The van der Waals surface area contributed by atoms with Crippen LogP contribution >= 0.6 is 27.7 Å². The molecule has 1 aliphatic heterocycles. The van der Waals surface area contributed by atoms with E-state index in [1.54, 1.807) is 9.80 Å². The second-order valence-electron chi connectivity index (χ2n) is 5.92. The van der Waals surface area contributed by atoms with E-state index in [0.717, 1.165) is 9.37 Å². The first-order valence-corrected chi connectivity index (χ1v) is 10.0. The molecule has 1 saturated heterocycles. The van der Waals surface area contributed by atoms with Crippen LogP contribution in [-0.2, 0) is 4.79 Å². The van der Waals surface area contributed by atoms with Crippen molar-refractivity contribution in [1.29, 1.82) is 0 Å². The van der Waals surface area contributed by atoms with Gasteiger partial charge >= 0.3 is 0 Å². The Morgan fingerprint density at radius 2 is 1.50 bits per heavy atom. The molecule has 0 bridgehead atoms. The van der Waals surface area contributed by atoms with E-state index in [0.29, 0.717) is 37.5 Å². The maximum absolute atomic E-state index is 13.0. The fourth-order valence-electron chi connectivity index (χ4n) is 2.70. The molecule has 0 aromatic heterocycles. The molecule has 2 aromatic rings. The SMILES string of the molecule is O=C(CSc1ccc(Br)cc1)N1CCN(C(=O)c2ccc(F)cc2)CC1. The third-order valence-corrected chi connectivity index (χ3v) is 5.71. The molecule has 1 fully saturated rings. The van der Waals surface area contributed by atoms with Gasteiger partial charge in [-0.05, 0) is 48.5 Å². The van der Waals surface area contributed by atoms with Crippen molar-refractivity contribution in [2.45, 2.75) is 4.90 Å². The average molecular weight is 437 g/mol. The molecule has 1 aliphatic rings. The van der Waals surface area contributed by atoms with Crippen LogP contribution in [0.5, 0.6) is 0 Å². The highest BCUT2D eigenvalue weighted by atomic mass is 79.9. The Balaban J connectivity index is 1.48. The fourth-order valence-corrected chi connectivity index (χ4v) is 3.77. The van der Waals surface area contributed by atoms with Crippen molar-refractivity contribution >= 4 is 39.5 Å². The van der Waals surface area contributed by atoms with Crippen molar-refractivity contribution < 1.29 is 14.0 Å². The number of halogens is 2. The number of hydrogen-bond donors (Lipinski definition) is 0. The Labute approximate surface area is 164 Å². The molecule has 0 unspecified atom stereocenters. The molecule has 26 heavy (non-hydrogen) atoms. The van der Waals surface area contributed by atoms with Gasteiger partial charge in [0.1, 0.15) is 5.82 Å². The van der Waals surface area contributed by atoms with Crippen LogP contribution in [-0.4, -0.2) is 53.5 Å². The monoisotopic (exact) mass is 436 g/mol. The Bertz CT molecular complexity index is 775. The molecule has 0 radical (unpaired) electrons. The lowest BCUT2D eigenvalue weighted by molar-refractivity contribution is -0.129. The number of thioether (sulfide) groups is 1. The molecule has 0 spiro atoms. The Hall–Kier alpha value is -1.86. The summed E-state index contributed by atoms with van der Waals surface area (Å²) in [4.78, 5) is 29.3. The van der Waals surface area contributed by atoms with Crippen molar-refractivity contribution in [2.24, 2.45) is 0 Å². The van der Waals surface area contributed by atoms with Gasteiger partial charge in [0, 0.05) is 41.1 Å². The number of hydrogen-bond acceptors (Lipinski definition) is 3. The number of rotatable bonds is 4. The molecule has 2 aromatic carbocycles. The maximum Gasteiger partial charge on any atom is 0.253 e. The summed E-state index contributed by atoms with van der Waals surface area (Å²) in [5.41, 5.74) is 0.469. The van der Waals surface area contributed by atoms with E-state index < -0.39 is 0 Å². The van der Waals surface area contributed by atoms with E-state index in [4.69, 9.17) is 0 Å². The minimum absolute atomic E-state index is 0.0757. The van der Waals surface area contributed by atoms with Crippen LogP contribution < -0.4 is 0 Å². The van der Waals surface area contributed by atoms with Gasteiger partial charge < -0.3 is 9.80 Å². The summed E-state index contributed by atoms with van der Waals surface area (Å²) >= 11 is 4.90. The van der Waals surface area contributed by atoms with Crippen molar-refractivity contribution in [3.63, 3.8) is 0 Å². The van der Waals surface area contributed by atoms with Crippen LogP contribution in [0.2, 0.25) is 0 Å². The van der Waals surface area contributed by atoms with Gasteiger partial charge in [-0.1, -0.05) is 15.9 Å². The van der Waals surface area contributed by atoms with Crippen molar-refractivity contribution in [3.8, 4) is 0 Å². The van der Waals surface area contributed by atoms with E-state index in [1.165, 1.54) is 36.0 Å². The van der Waals surface area contributed by atoms with Crippen LogP contribution in [0, 0.1) is 5.82 Å². The summed E-state index contributed by atoms with van der Waals surface area (Å²) in [7, 11) is 0. The molecule has 7 heteroatoms. The fraction of sp³-hybridized carbons (Fsp3) is 0.263. The van der Waals surface area contributed by atoms with Gasteiger partial charge in [-0.15, -0.1) is 11.8 Å². The first-order chi connectivity index (χ1) is 12.5. The highest BCUT2D eigenvalue weighted by Gasteiger charge is 2.24. The Morgan fingerprint density at radius 1 is 0.923 bits per heavy atom. The number of carbonyl (C=O) groups is 2. The zero-order valence-corrected chi connectivity index (χ0v) is 16.4. The molecule has 1 heterocycles. The zero-order chi connectivity index (χ0) is 18.5. The van der Waals surface area contributed by atoms with Gasteiger partial charge in [-0.2, -0.15) is 0 Å². The maximum atomic E-state index is 13.0. The molecule has 0 saturated carbocycles. The molecule has 0 atom stereocenters. The number of amides is 2. The second kappa shape index (κ2) is 8.68. The predicted octanol–water partition coefficient (Wildman–Crippen LogP) is 3.66. The standard InChI is InChI=1S/C19H18BrFN2O2S/c20-15-3-7-17(8-4-15)26-13-18(24)22-9-11-23(12-10-22)19(25)14-1-5-16(21)6-2-14/h1-8H,9-13H2. The molecule has 0 N–H and O–H groups in total. The van der Waals surface area contributed by atoms with Crippen molar-refractivity contribution in [1.82, 2.24) is 9.80 Å². The van der Waals surface area contributed by atoms with E-state index in [-0.39, 0.29) is 17.6 Å². The van der Waals surface area contributed by atoms with Crippen molar-refractivity contribution in [2.75, 3.05) is 31.9 Å². The van der Waals surface area contributed by atoms with Gasteiger partial charge in [0.05, 0.1) is 5.75 Å². The molecule has 136 valence electrons. The highest BCUT2D eigenvalue weighted by molar-refractivity contribution is 9.10. The van der Waals surface area contributed by atoms with Crippen LogP contribution in [0.3, 0.4) is 0 Å². The molecular formula is C19H18BrFN2O2S. The molecule has 0 aliphatic carbocycles. The van der Waals surface area contributed by atoms with Gasteiger partial charge in [-0.25, -0.2) is 4.39 Å². The predicted molar refractivity (Wildman–Crippen MR) is 104 cm³/mol. The normalized spacial score (nSPS) is 14.4. The second-order valence-corrected chi connectivity index (χ2v) is 7.89. The van der Waals surface area contributed by atoms with E-state index in [1.807, 2.05) is 24.3 Å². The summed E-state index contributed by atoms with van der Waals surface area (Å²) in [6.45, 7) is 2.02. The van der Waals surface area contributed by atoms with E-state index >= 15 is 0 Å². The molecule has 3 rings (SSSR count). The number of benzene rings is 2. The smallest absolute Gasteiger partial charge is 0.253 e. The summed E-state index contributed by atoms with van der Waals surface area (Å²) in [6, 6.07) is 13.4. The van der Waals surface area contributed by atoms with E-state index in [2.05, 4.69) is 15.9 Å². The largest absolute Gasteiger partial charge is 0.338 e. The van der Waals surface area contributed by atoms with Gasteiger partial charge in [-0.3, -0.25) is 9.59 Å². The van der Waals surface area contributed by atoms with Gasteiger partial charge in [0.2, 0.25) is 5.91 Å². The highest BCUT2D eigenvalue weighted by Crippen LogP contribution is 2.21. The van der Waals surface area contributed by atoms with Crippen LogP contribution in [0.1, 0.15) is 10.4 Å². The Morgan fingerprint density at radius 3 is 2.12 bits per heavy atom. The topological polar surface area (TPSA) is 40.6 Å². The van der Waals surface area contributed by atoms with Crippen LogP contribution in [0.25, 0.3) is 0 Å². The Kier molecular flexibility index (Phi) is 6.32. The van der Waals surface area contributed by atoms with Crippen LogP contribution in [0.15, 0.2) is 57.9 Å². The lowest BCUT2D eigenvalue weighted by atomic mass is 10.2. The summed E-state index contributed by atoms with van der Waals surface area (Å²) < 4.78 is 14.0. The lowest BCUT2D eigenvalue weighted by Gasteiger charge is -2.34. The first-order valence-electron chi connectivity index (χ1n) is 8.24. The summed E-state index contributed by atoms with van der Waals surface area (Å²) in [6.07, 6.45) is 0. The minimum Gasteiger partial charge on any atom is -0.338 e. The van der Waals surface area contributed by atoms with E-state index in [9.17, 15) is 14.0 Å². The number of carbonyl (C=O) groups excluding carboxylic acids is 2. The van der Waals surface area contributed by atoms with Crippen molar-refractivity contribution in [3.05, 3.63) is 64.4 Å². The molecule has 2 amide bonds. The summed E-state index contributed by atoms with van der Waals surface area (Å²) in [5.74, 6) is -0.0264. The first kappa shape index (κ1) is 18.9. The third-order valence-electron chi connectivity index (χ3n) is 4.19.